The Labute approximate surface area is 222 Å². The SMILES string of the molecule is Cc1ccc(NC(=O)N(CCC(C)C)CC(=O)N2CCc3sccc3C2COc2cccc(F)c2)cc1. The molecule has 3 aromatic rings. The van der Waals surface area contributed by atoms with Crippen molar-refractivity contribution in [2.24, 2.45) is 5.92 Å². The second kappa shape index (κ2) is 12.2. The molecule has 0 bridgehead atoms. The Morgan fingerprint density at radius 1 is 1.19 bits per heavy atom. The fourth-order valence-corrected chi connectivity index (χ4v) is 5.29. The van der Waals surface area contributed by atoms with Crippen LogP contribution in [0.3, 0.4) is 0 Å². The minimum Gasteiger partial charge on any atom is -0.491 e. The lowest BCUT2D eigenvalue weighted by atomic mass is 10.0. The van der Waals surface area contributed by atoms with Gasteiger partial charge >= 0.3 is 6.03 Å². The molecule has 0 aliphatic carbocycles. The van der Waals surface area contributed by atoms with Gasteiger partial charge in [-0.2, -0.15) is 0 Å². The van der Waals surface area contributed by atoms with Crippen molar-refractivity contribution in [2.75, 3.05) is 31.6 Å². The van der Waals surface area contributed by atoms with Gasteiger partial charge in [0.1, 0.15) is 24.7 Å². The number of halogens is 1. The van der Waals surface area contributed by atoms with Crippen LogP contribution in [-0.4, -0.2) is 48.0 Å². The van der Waals surface area contributed by atoms with Crippen LogP contribution in [0.2, 0.25) is 0 Å². The van der Waals surface area contributed by atoms with Crippen LogP contribution in [0.15, 0.2) is 60.0 Å². The van der Waals surface area contributed by atoms with Gasteiger partial charge in [0.25, 0.3) is 0 Å². The number of nitrogens with one attached hydrogen (secondary N) is 1. The van der Waals surface area contributed by atoms with Crippen molar-refractivity contribution in [3.05, 3.63) is 81.8 Å². The molecule has 1 atom stereocenters. The number of hydrogen-bond acceptors (Lipinski definition) is 4. The highest BCUT2D eigenvalue weighted by atomic mass is 32.1. The zero-order chi connectivity index (χ0) is 26.4. The summed E-state index contributed by atoms with van der Waals surface area (Å²) in [5, 5.41) is 4.96. The number of urea groups is 1. The summed E-state index contributed by atoms with van der Waals surface area (Å²) in [4.78, 5) is 31.5. The number of nitrogens with zero attached hydrogens (tertiary/aromatic N) is 2. The Bertz CT molecular complexity index is 1210. The first kappa shape index (κ1) is 26.7. The van der Waals surface area contributed by atoms with Crippen molar-refractivity contribution in [1.82, 2.24) is 9.80 Å². The molecule has 1 aliphatic rings. The number of aryl methyl sites for hydroxylation is 1. The van der Waals surface area contributed by atoms with Crippen molar-refractivity contribution in [2.45, 2.75) is 39.7 Å². The minimum atomic E-state index is -0.370. The maximum absolute atomic E-state index is 13.7. The predicted octanol–water partition coefficient (Wildman–Crippen LogP) is 6.28. The van der Waals surface area contributed by atoms with Crippen LogP contribution >= 0.6 is 11.3 Å². The van der Waals surface area contributed by atoms with Gasteiger partial charge in [0.05, 0.1) is 6.04 Å². The van der Waals surface area contributed by atoms with Gasteiger partial charge in [0.2, 0.25) is 5.91 Å². The van der Waals surface area contributed by atoms with Gasteiger partial charge in [-0.05, 0) is 67.0 Å². The smallest absolute Gasteiger partial charge is 0.322 e. The quantitative estimate of drug-likeness (QED) is 0.359. The summed E-state index contributed by atoms with van der Waals surface area (Å²) < 4.78 is 19.6. The molecular formula is C29H34FN3O3S. The van der Waals surface area contributed by atoms with Crippen LogP contribution < -0.4 is 10.1 Å². The molecule has 2 heterocycles. The van der Waals surface area contributed by atoms with E-state index in [4.69, 9.17) is 4.74 Å². The Balaban J connectivity index is 1.49. The van der Waals surface area contributed by atoms with Crippen LogP contribution in [0, 0.1) is 18.7 Å². The Kier molecular flexibility index (Phi) is 8.82. The molecule has 37 heavy (non-hydrogen) atoms. The zero-order valence-electron chi connectivity index (χ0n) is 21.6. The Morgan fingerprint density at radius 2 is 1.97 bits per heavy atom. The molecule has 1 unspecified atom stereocenters. The van der Waals surface area contributed by atoms with Gasteiger partial charge < -0.3 is 19.9 Å². The Morgan fingerprint density at radius 3 is 2.70 bits per heavy atom. The average Bonchev–Trinajstić information content (AvgIpc) is 3.35. The summed E-state index contributed by atoms with van der Waals surface area (Å²) in [5.41, 5.74) is 2.85. The number of carbonyl (C=O) groups excluding carboxylic acids is 2. The topological polar surface area (TPSA) is 61.9 Å². The van der Waals surface area contributed by atoms with Crippen LogP contribution in [-0.2, 0) is 11.2 Å². The number of amides is 3. The standard InChI is InChI=1S/C29H34FN3O3S/c1-20(2)11-14-32(29(35)31-23-9-7-21(3)8-10-23)18-28(34)33-15-12-27-25(13-16-37-27)26(33)19-36-24-6-4-5-22(30)17-24/h4-10,13,16-17,20,26H,11-12,14-15,18-19H2,1-3H3,(H,31,35). The first-order valence-electron chi connectivity index (χ1n) is 12.7. The summed E-state index contributed by atoms with van der Waals surface area (Å²) >= 11 is 1.67. The molecular weight excluding hydrogens is 489 g/mol. The monoisotopic (exact) mass is 523 g/mol. The van der Waals surface area contributed by atoms with Crippen molar-refractivity contribution >= 4 is 29.0 Å². The summed E-state index contributed by atoms with van der Waals surface area (Å²) in [6, 6.07) is 15.0. The van der Waals surface area contributed by atoms with Crippen LogP contribution in [0.1, 0.15) is 42.3 Å². The highest BCUT2D eigenvalue weighted by Gasteiger charge is 2.33. The lowest BCUT2D eigenvalue weighted by Gasteiger charge is -2.37. The van der Waals surface area contributed by atoms with Crippen molar-refractivity contribution in [1.29, 1.82) is 0 Å². The van der Waals surface area contributed by atoms with E-state index in [9.17, 15) is 14.0 Å². The van der Waals surface area contributed by atoms with Gasteiger partial charge in [-0.25, -0.2) is 9.18 Å². The molecule has 2 aromatic carbocycles. The zero-order valence-corrected chi connectivity index (χ0v) is 22.4. The number of thiophene rings is 1. The van der Waals surface area contributed by atoms with Gasteiger partial charge in [-0.1, -0.05) is 37.6 Å². The summed E-state index contributed by atoms with van der Waals surface area (Å²) in [6.45, 7) is 7.39. The van der Waals surface area contributed by atoms with Gasteiger partial charge in [-0.15, -0.1) is 11.3 Å². The lowest BCUT2D eigenvalue weighted by Crippen LogP contribution is -2.49. The van der Waals surface area contributed by atoms with Gasteiger partial charge in [-0.3, -0.25) is 4.79 Å². The van der Waals surface area contributed by atoms with Crippen molar-refractivity contribution < 1.29 is 18.7 Å². The third kappa shape index (κ3) is 7.10. The maximum atomic E-state index is 13.7. The average molecular weight is 524 g/mol. The van der Waals surface area contributed by atoms with Crippen molar-refractivity contribution in [3.63, 3.8) is 0 Å². The van der Waals surface area contributed by atoms with E-state index < -0.39 is 0 Å². The number of benzene rings is 2. The number of anilines is 1. The molecule has 1 N–H and O–H groups in total. The van der Waals surface area contributed by atoms with E-state index in [-0.39, 0.29) is 36.9 Å². The molecule has 0 radical (unpaired) electrons. The molecule has 196 valence electrons. The molecule has 8 heteroatoms. The maximum Gasteiger partial charge on any atom is 0.322 e. The normalized spacial score (nSPS) is 14.8. The number of hydrogen-bond donors (Lipinski definition) is 1. The number of rotatable bonds is 9. The predicted molar refractivity (Wildman–Crippen MR) is 146 cm³/mol. The van der Waals surface area contributed by atoms with E-state index in [1.807, 2.05) is 42.6 Å². The largest absolute Gasteiger partial charge is 0.491 e. The second-order valence-electron chi connectivity index (χ2n) is 9.82. The van der Waals surface area contributed by atoms with Crippen molar-refractivity contribution in [3.8, 4) is 5.75 Å². The second-order valence-corrected chi connectivity index (χ2v) is 10.8. The van der Waals surface area contributed by atoms with Gasteiger partial charge in [0.15, 0.2) is 0 Å². The molecule has 4 rings (SSSR count). The first-order valence-corrected chi connectivity index (χ1v) is 13.5. The minimum absolute atomic E-state index is 0.0274. The van der Waals surface area contributed by atoms with Gasteiger partial charge in [0, 0.05) is 29.7 Å². The summed E-state index contributed by atoms with van der Waals surface area (Å²) in [7, 11) is 0. The molecule has 0 saturated carbocycles. The Hall–Kier alpha value is -3.39. The highest BCUT2D eigenvalue weighted by molar-refractivity contribution is 7.10. The molecule has 1 aromatic heterocycles. The number of carbonyl (C=O) groups is 2. The third-order valence-corrected chi connectivity index (χ3v) is 7.51. The van der Waals surface area contributed by atoms with Crippen LogP contribution in [0.25, 0.3) is 0 Å². The summed E-state index contributed by atoms with van der Waals surface area (Å²) in [6.07, 6.45) is 1.55. The molecule has 6 nitrogen and oxygen atoms in total. The van der Waals surface area contributed by atoms with E-state index in [0.29, 0.717) is 30.4 Å². The lowest BCUT2D eigenvalue weighted by molar-refractivity contribution is -0.135. The number of ether oxygens (including phenoxy) is 1. The van der Waals surface area contributed by atoms with Crippen LogP contribution in [0.5, 0.6) is 5.75 Å². The highest BCUT2D eigenvalue weighted by Crippen LogP contribution is 2.34. The van der Waals surface area contributed by atoms with Crippen LogP contribution in [0.4, 0.5) is 14.9 Å². The first-order chi connectivity index (χ1) is 17.8. The van der Waals surface area contributed by atoms with E-state index in [2.05, 4.69) is 19.2 Å². The molecule has 0 fully saturated rings. The molecule has 0 spiro atoms. The molecule has 1 aliphatic heterocycles. The van der Waals surface area contributed by atoms with E-state index in [1.54, 1.807) is 33.3 Å². The van der Waals surface area contributed by atoms with E-state index in [1.165, 1.54) is 17.0 Å². The number of fused-ring (bicyclic) bond motifs is 1. The van der Waals surface area contributed by atoms with E-state index in [0.717, 1.165) is 24.0 Å². The third-order valence-electron chi connectivity index (χ3n) is 6.51. The fourth-order valence-electron chi connectivity index (χ4n) is 4.37. The molecule has 3 amide bonds. The molecule has 0 saturated heterocycles. The summed E-state index contributed by atoms with van der Waals surface area (Å²) in [5.74, 6) is 0.310. The van der Waals surface area contributed by atoms with E-state index >= 15 is 0 Å². The fraction of sp³-hybridized carbons (Fsp3) is 0.379.